The highest BCUT2D eigenvalue weighted by Gasteiger charge is 2.36. The van der Waals surface area contributed by atoms with Crippen molar-refractivity contribution in [2.75, 3.05) is 19.8 Å². The molecule has 0 atom stereocenters. The average molecular weight is 237 g/mol. The van der Waals surface area contributed by atoms with Crippen LogP contribution >= 0.6 is 12.4 Å². The number of nitrogens with two attached hydrogens (primary N) is 1. The van der Waals surface area contributed by atoms with Gasteiger partial charge >= 0.3 is 0 Å². The fraction of sp³-hybridized carbons (Fsp3) is 0.900. The van der Waals surface area contributed by atoms with E-state index in [4.69, 9.17) is 10.5 Å². The Hall–Kier alpha value is -0.320. The van der Waals surface area contributed by atoms with Crippen LogP contribution in [0.2, 0.25) is 0 Å². The Morgan fingerprint density at radius 1 is 1.47 bits per heavy atom. The van der Waals surface area contributed by atoms with Crippen molar-refractivity contribution in [3.8, 4) is 0 Å². The standard InChI is InChI=1S/C10H20N2O2.ClH/c1-2-14-8-7-12-9(13)10(11)5-3-4-6-10;/h2-8,11H2,1H3,(H,12,13);1H. The molecular weight excluding hydrogens is 216 g/mol. The van der Waals surface area contributed by atoms with Crippen LogP contribution < -0.4 is 11.1 Å². The number of carbonyl (C=O) groups is 1. The minimum absolute atomic E-state index is 0. The Labute approximate surface area is 97.3 Å². The summed E-state index contributed by atoms with van der Waals surface area (Å²) in [4.78, 5) is 11.6. The van der Waals surface area contributed by atoms with Crippen molar-refractivity contribution in [3.63, 3.8) is 0 Å². The molecule has 0 heterocycles. The highest BCUT2D eigenvalue weighted by Crippen LogP contribution is 2.26. The molecule has 1 amide bonds. The zero-order valence-corrected chi connectivity index (χ0v) is 10.1. The number of carbonyl (C=O) groups excluding carboxylic acids is 1. The van der Waals surface area contributed by atoms with E-state index >= 15 is 0 Å². The second-order valence-electron chi connectivity index (χ2n) is 3.82. The van der Waals surface area contributed by atoms with E-state index < -0.39 is 5.54 Å². The summed E-state index contributed by atoms with van der Waals surface area (Å²) in [6.45, 7) is 3.75. The van der Waals surface area contributed by atoms with Crippen LogP contribution in [0.1, 0.15) is 32.6 Å². The monoisotopic (exact) mass is 236 g/mol. The zero-order valence-electron chi connectivity index (χ0n) is 9.25. The molecule has 0 aromatic rings. The summed E-state index contributed by atoms with van der Waals surface area (Å²) in [5, 5.41) is 2.81. The number of nitrogens with one attached hydrogen (secondary N) is 1. The molecule has 0 unspecified atom stereocenters. The molecule has 0 aromatic carbocycles. The van der Waals surface area contributed by atoms with Crippen LogP contribution in [0.3, 0.4) is 0 Å². The summed E-state index contributed by atoms with van der Waals surface area (Å²) in [7, 11) is 0. The lowest BCUT2D eigenvalue weighted by atomic mass is 9.98. The van der Waals surface area contributed by atoms with Gasteiger partial charge < -0.3 is 15.8 Å². The van der Waals surface area contributed by atoms with E-state index in [2.05, 4.69) is 5.32 Å². The highest BCUT2D eigenvalue weighted by molar-refractivity contribution is 5.86. The van der Waals surface area contributed by atoms with Crippen molar-refractivity contribution >= 4 is 18.3 Å². The van der Waals surface area contributed by atoms with Crippen LogP contribution in [0.5, 0.6) is 0 Å². The molecular formula is C10H21ClN2O2. The fourth-order valence-electron chi connectivity index (χ4n) is 1.79. The van der Waals surface area contributed by atoms with Crippen molar-refractivity contribution < 1.29 is 9.53 Å². The van der Waals surface area contributed by atoms with E-state index in [9.17, 15) is 4.79 Å². The second-order valence-corrected chi connectivity index (χ2v) is 3.82. The molecule has 15 heavy (non-hydrogen) atoms. The lowest BCUT2D eigenvalue weighted by Crippen LogP contribution is -2.52. The van der Waals surface area contributed by atoms with Gasteiger partial charge in [-0.2, -0.15) is 0 Å². The van der Waals surface area contributed by atoms with E-state index in [1.807, 2.05) is 6.92 Å². The van der Waals surface area contributed by atoms with Crippen LogP contribution in [0.4, 0.5) is 0 Å². The number of rotatable bonds is 5. The molecule has 0 aromatic heterocycles. The van der Waals surface area contributed by atoms with Crippen LogP contribution in [0.25, 0.3) is 0 Å². The molecule has 1 saturated carbocycles. The van der Waals surface area contributed by atoms with Gasteiger partial charge in [0.15, 0.2) is 0 Å². The molecule has 3 N–H and O–H groups in total. The lowest BCUT2D eigenvalue weighted by molar-refractivity contribution is -0.126. The van der Waals surface area contributed by atoms with Gasteiger partial charge in [0.25, 0.3) is 0 Å². The van der Waals surface area contributed by atoms with E-state index in [1.165, 1.54) is 0 Å². The first kappa shape index (κ1) is 14.7. The molecule has 0 aliphatic heterocycles. The molecule has 90 valence electrons. The van der Waals surface area contributed by atoms with E-state index in [1.54, 1.807) is 0 Å². The highest BCUT2D eigenvalue weighted by atomic mass is 35.5. The van der Waals surface area contributed by atoms with Crippen LogP contribution in [-0.2, 0) is 9.53 Å². The molecule has 1 aliphatic rings. The Morgan fingerprint density at radius 2 is 2.07 bits per heavy atom. The molecule has 5 heteroatoms. The average Bonchev–Trinajstić information content (AvgIpc) is 2.61. The fourth-order valence-corrected chi connectivity index (χ4v) is 1.79. The van der Waals surface area contributed by atoms with Crippen LogP contribution in [0.15, 0.2) is 0 Å². The van der Waals surface area contributed by atoms with Crippen LogP contribution in [-0.4, -0.2) is 31.2 Å². The van der Waals surface area contributed by atoms with Crippen molar-refractivity contribution in [1.82, 2.24) is 5.32 Å². The number of ether oxygens (including phenoxy) is 1. The predicted molar refractivity (Wildman–Crippen MR) is 62.1 cm³/mol. The third-order valence-corrected chi connectivity index (χ3v) is 2.68. The second kappa shape index (κ2) is 7.04. The predicted octanol–water partition coefficient (Wildman–Crippen LogP) is 0.832. The lowest BCUT2D eigenvalue weighted by Gasteiger charge is -2.22. The Kier molecular flexibility index (Phi) is 6.89. The summed E-state index contributed by atoms with van der Waals surface area (Å²) in [6.07, 6.45) is 3.76. The van der Waals surface area contributed by atoms with Gasteiger partial charge in [0, 0.05) is 13.2 Å². The van der Waals surface area contributed by atoms with Crippen molar-refractivity contribution in [2.45, 2.75) is 38.1 Å². The Bertz CT molecular complexity index is 194. The normalized spacial score (nSPS) is 18.3. The number of hydrogen-bond acceptors (Lipinski definition) is 3. The quantitative estimate of drug-likeness (QED) is 0.695. The number of halogens is 1. The van der Waals surface area contributed by atoms with Gasteiger partial charge in [-0.05, 0) is 19.8 Å². The molecule has 0 bridgehead atoms. The first-order chi connectivity index (χ1) is 6.69. The van der Waals surface area contributed by atoms with E-state index in [0.717, 1.165) is 25.7 Å². The van der Waals surface area contributed by atoms with Gasteiger partial charge in [-0.25, -0.2) is 0 Å². The zero-order chi connectivity index (χ0) is 10.4. The summed E-state index contributed by atoms with van der Waals surface area (Å²) in [5.41, 5.74) is 5.36. The topological polar surface area (TPSA) is 64.3 Å². The van der Waals surface area contributed by atoms with Crippen LogP contribution in [0, 0.1) is 0 Å². The smallest absolute Gasteiger partial charge is 0.240 e. The van der Waals surface area contributed by atoms with Gasteiger partial charge in [0.05, 0.1) is 12.1 Å². The largest absolute Gasteiger partial charge is 0.380 e. The Morgan fingerprint density at radius 3 is 2.60 bits per heavy atom. The van der Waals surface area contributed by atoms with Gasteiger partial charge in [-0.15, -0.1) is 12.4 Å². The van der Waals surface area contributed by atoms with Gasteiger partial charge in [-0.3, -0.25) is 4.79 Å². The van der Waals surface area contributed by atoms with Crippen molar-refractivity contribution in [2.24, 2.45) is 5.73 Å². The number of hydrogen-bond donors (Lipinski definition) is 2. The van der Waals surface area contributed by atoms with E-state index in [-0.39, 0.29) is 18.3 Å². The maximum Gasteiger partial charge on any atom is 0.240 e. The van der Waals surface area contributed by atoms with Crippen molar-refractivity contribution in [1.29, 1.82) is 0 Å². The van der Waals surface area contributed by atoms with E-state index in [0.29, 0.717) is 19.8 Å². The van der Waals surface area contributed by atoms with Crippen molar-refractivity contribution in [3.05, 3.63) is 0 Å². The maximum absolute atomic E-state index is 11.6. The molecule has 0 spiro atoms. The molecule has 1 aliphatic carbocycles. The summed E-state index contributed by atoms with van der Waals surface area (Å²) in [5.74, 6) is -0.0188. The van der Waals surface area contributed by atoms with Gasteiger partial charge in [-0.1, -0.05) is 12.8 Å². The first-order valence-corrected chi connectivity index (χ1v) is 5.34. The maximum atomic E-state index is 11.6. The minimum Gasteiger partial charge on any atom is -0.380 e. The summed E-state index contributed by atoms with van der Waals surface area (Å²) in [6, 6.07) is 0. The molecule has 0 saturated heterocycles. The molecule has 1 fully saturated rings. The molecule has 0 radical (unpaired) electrons. The molecule has 1 rings (SSSR count). The third-order valence-electron chi connectivity index (χ3n) is 2.68. The van der Waals surface area contributed by atoms with Gasteiger partial charge in [0.1, 0.15) is 0 Å². The molecule has 4 nitrogen and oxygen atoms in total. The number of amides is 1. The van der Waals surface area contributed by atoms with Gasteiger partial charge in [0.2, 0.25) is 5.91 Å². The summed E-state index contributed by atoms with van der Waals surface area (Å²) < 4.78 is 5.12. The Balaban J connectivity index is 0.00000196. The summed E-state index contributed by atoms with van der Waals surface area (Å²) >= 11 is 0. The minimum atomic E-state index is -0.605. The third kappa shape index (κ3) is 4.36. The first-order valence-electron chi connectivity index (χ1n) is 5.34. The SMILES string of the molecule is CCOCCNC(=O)C1(N)CCCC1.Cl.